The highest BCUT2D eigenvalue weighted by Crippen LogP contribution is 2.66. The fourth-order valence-electron chi connectivity index (χ4n) is 7.15. The lowest BCUT2D eigenvalue weighted by Gasteiger charge is -2.57. The van der Waals surface area contributed by atoms with Crippen LogP contribution in [0.2, 0.25) is 0 Å². The van der Waals surface area contributed by atoms with E-state index in [1.807, 2.05) is 0 Å². The molecule has 0 aromatic rings. The molecule has 0 aromatic carbocycles. The Morgan fingerprint density at radius 3 is 2.87 bits per heavy atom. The van der Waals surface area contributed by atoms with Gasteiger partial charge in [0.2, 0.25) is 0 Å². The van der Waals surface area contributed by atoms with Crippen molar-refractivity contribution in [3.63, 3.8) is 0 Å². The minimum Gasteiger partial charge on any atom is -0.303 e. The van der Waals surface area contributed by atoms with Gasteiger partial charge in [-0.15, -0.1) is 0 Å². The summed E-state index contributed by atoms with van der Waals surface area (Å²) in [5.41, 5.74) is 2.60. The summed E-state index contributed by atoms with van der Waals surface area (Å²) in [5, 5.41) is 0. The highest BCUT2D eigenvalue weighted by molar-refractivity contribution is 5.49. The van der Waals surface area contributed by atoms with E-state index >= 15 is 0 Å². The van der Waals surface area contributed by atoms with E-state index in [2.05, 4.69) is 32.1 Å². The Morgan fingerprint density at radius 2 is 2.04 bits per heavy atom. The first-order chi connectivity index (χ1) is 11.1. The molecule has 2 saturated carbocycles. The Labute approximate surface area is 141 Å². The van der Waals surface area contributed by atoms with Gasteiger partial charge in [-0.05, 0) is 91.4 Å². The molecule has 0 N–H and O–H groups in total. The van der Waals surface area contributed by atoms with Crippen LogP contribution in [-0.4, -0.2) is 6.29 Å². The average molecular weight is 312 g/mol. The lowest BCUT2D eigenvalue weighted by Crippen LogP contribution is -2.49. The van der Waals surface area contributed by atoms with E-state index in [1.165, 1.54) is 44.9 Å². The molecule has 23 heavy (non-hydrogen) atoms. The van der Waals surface area contributed by atoms with Crippen LogP contribution in [0.25, 0.3) is 0 Å². The fraction of sp³-hybridized carbons (Fsp3) is 0.773. The normalized spacial score (nSPS) is 48.2. The van der Waals surface area contributed by atoms with Crippen molar-refractivity contribution in [1.82, 2.24) is 0 Å². The fourth-order valence-corrected chi connectivity index (χ4v) is 7.15. The topological polar surface area (TPSA) is 17.1 Å². The summed E-state index contributed by atoms with van der Waals surface area (Å²) in [6, 6.07) is 0. The Balaban J connectivity index is 1.62. The second-order valence-electron chi connectivity index (χ2n) is 9.19. The summed E-state index contributed by atoms with van der Waals surface area (Å²) in [5.74, 6) is 3.49. The van der Waals surface area contributed by atoms with E-state index in [4.69, 9.17) is 0 Å². The molecule has 0 heterocycles. The standard InChI is InChI=1S/C22H32O/c1-21-13-4-3-6-16(21)8-10-18-19-11-9-17(7-5-15-23)22(19,2)14-12-20(18)21/h3,6,8,15,17-20H,4-5,7,9-14H2,1-2H3/t17-,18-,19-,20-,21-,22+/m0/s1. The molecule has 0 radical (unpaired) electrons. The molecule has 2 fully saturated rings. The highest BCUT2D eigenvalue weighted by atomic mass is 16.1. The lowest BCUT2D eigenvalue weighted by atomic mass is 9.48. The monoisotopic (exact) mass is 312 g/mol. The van der Waals surface area contributed by atoms with Gasteiger partial charge in [0, 0.05) is 6.42 Å². The van der Waals surface area contributed by atoms with Crippen LogP contribution < -0.4 is 0 Å². The number of hydrogen-bond acceptors (Lipinski definition) is 1. The molecule has 0 aromatic heterocycles. The first kappa shape index (κ1) is 15.7. The quantitative estimate of drug-likeness (QED) is 0.610. The molecule has 6 atom stereocenters. The Bertz CT molecular complexity index is 544. The number of allylic oxidation sites excluding steroid dienone is 4. The molecule has 0 amide bonds. The molecule has 4 aliphatic rings. The molecule has 4 aliphatic carbocycles. The van der Waals surface area contributed by atoms with Crippen LogP contribution in [0.1, 0.15) is 71.6 Å². The smallest absolute Gasteiger partial charge is 0.120 e. The van der Waals surface area contributed by atoms with Crippen molar-refractivity contribution >= 4 is 6.29 Å². The van der Waals surface area contributed by atoms with E-state index in [0.717, 1.165) is 42.8 Å². The molecule has 0 saturated heterocycles. The second-order valence-corrected chi connectivity index (χ2v) is 9.19. The summed E-state index contributed by atoms with van der Waals surface area (Å²) in [4.78, 5) is 10.8. The SMILES string of the molecule is C[C@]12CC[C@H]3[C@@H](CC=C4C=CCC[C@@]43C)[C@@H]1CC[C@@H]2CCC=O. The maximum absolute atomic E-state index is 10.8. The minimum absolute atomic E-state index is 0.444. The summed E-state index contributed by atoms with van der Waals surface area (Å²) in [6.45, 7) is 5.12. The highest BCUT2D eigenvalue weighted by Gasteiger charge is 2.57. The van der Waals surface area contributed by atoms with Gasteiger partial charge >= 0.3 is 0 Å². The second kappa shape index (κ2) is 5.60. The van der Waals surface area contributed by atoms with Crippen molar-refractivity contribution in [2.45, 2.75) is 71.6 Å². The van der Waals surface area contributed by atoms with Crippen LogP contribution in [0.15, 0.2) is 23.8 Å². The molecule has 126 valence electrons. The average Bonchev–Trinajstić information content (AvgIpc) is 2.89. The van der Waals surface area contributed by atoms with Gasteiger partial charge in [0.05, 0.1) is 0 Å². The van der Waals surface area contributed by atoms with Crippen molar-refractivity contribution in [2.24, 2.45) is 34.5 Å². The minimum atomic E-state index is 0.444. The summed E-state index contributed by atoms with van der Waals surface area (Å²) < 4.78 is 0. The maximum atomic E-state index is 10.8. The van der Waals surface area contributed by atoms with Crippen molar-refractivity contribution in [2.75, 3.05) is 0 Å². The predicted molar refractivity (Wildman–Crippen MR) is 95.0 cm³/mol. The van der Waals surface area contributed by atoms with Crippen LogP contribution in [0.5, 0.6) is 0 Å². The molecule has 0 bridgehead atoms. The van der Waals surface area contributed by atoms with Crippen LogP contribution in [0.4, 0.5) is 0 Å². The third-order valence-corrected chi connectivity index (χ3v) is 8.48. The third-order valence-electron chi connectivity index (χ3n) is 8.48. The number of aldehydes is 1. The molecule has 0 spiro atoms. The van der Waals surface area contributed by atoms with Gasteiger partial charge in [0.1, 0.15) is 6.29 Å². The van der Waals surface area contributed by atoms with Gasteiger partial charge < -0.3 is 4.79 Å². The zero-order valence-electron chi connectivity index (χ0n) is 14.9. The first-order valence-electron chi connectivity index (χ1n) is 9.90. The molecule has 0 unspecified atom stereocenters. The summed E-state index contributed by atoms with van der Waals surface area (Å²) in [7, 11) is 0. The Morgan fingerprint density at radius 1 is 1.17 bits per heavy atom. The van der Waals surface area contributed by atoms with Crippen LogP contribution in [-0.2, 0) is 4.79 Å². The largest absolute Gasteiger partial charge is 0.303 e. The molecule has 1 heteroatoms. The van der Waals surface area contributed by atoms with Crippen molar-refractivity contribution in [3.8, 4) is 0 Å². The van der Waals surface area contributed by atoms with Gasteiger partial charge in [0.25, 0.3) is 0 Å². The van der Waals surface area contributed by atoms with Crippen LogP contribution in [0, 0.1) is 34.5 Å². The van der Waals surface area contributed by atoms with Crippen molar-refractivity contribution in [3.05, 3.63) is 23.8 Å². The zero-order valence-corrected chi connectivity index (χ0v) is 14.9. The predicted octanol–water partition coefficient (Wildman–Crippen LogP) is 5.71. The molecular weight excluding hydrogens is 280 g/mol. The molecule has 0 aliphatic heterocycles. The van der Waals surface area contributed by atoms with Crippen molar-refractivity contribution in [1.29, 1.82) is 0 Å². The summed E-state index contributed by atoms with van der Waals surface area (Å²) >= 11 is 0. The molecular formula is C22H32O. The van der Waals surface area contributed by atoms with E-state index in [1.54, 1.807) is 5.57 Å². The van der Waals surface area contributed by atoms with E-state index in [9.17, 15) is 4.79 Å². The van der Waals surface area contributed by atoms with Gasteiger partial charge in [-0.25, -0.2) is 0 Å². The number of fused-ring (bicyclic) bond motifs is 5. The molecule has 1 nitrogen and oxygen atoms in total. The number of rotatable bonds is 3. The van der Waals surface area contributed by atoms with Gasteiger partial charge in [-0.3, -0.25) is 0 Å². The summed E-state index contributed by atoms with van der Waals surface area (Å²) in [6.07, 6.45) is 19.9. The van der Waals surface area contributed by atoms with Crippen LogP contribution in [0.3, 0.4) is 0 Å². The van der Waals surface area contributed by atoms with E-state index < -0.39 is 0 Å². The maximum Gasteiger partial charge on any atom is 0.120 e. The van der Waals surface area contributed by atoms with Crippen LogP contribution >= 0.6 is 0 Å². The molecule has 4 rings (SSSR count). The Kier molecular flexibility index (Phi) is 3.82. The number of carbonyl (C=O) groups excluding carboxylic acids is 1. The van der Waals surface area contributed by atoms with Gasteiger partial charge in [-0.2, -0.15) is 0 Å². The number of carbonyl (C=O) groups is 1. The number of hydrogen-bond donors (Lipinski definition) is 0. The van der Waals surface area contributed by atoms with Gasteiger partial charge in [0.15, 0.2) is 0 Å². The van der Waals surface area contributed by atoms with Crippen molar-refractivity contribution < 1.29 is 4.79 Å². The Hall–Kier alpha value is -0.850. The lowest BCUT2D eigenvalue weighted by molar-refractivity contribution is -0.108. The third kappa shape index (κ3) is 2.22. The van der Waals surface area contributed by atoms with E-state index in [-0.39, 0.29) is 0 Å². The van der Waals surface area contributed by atoms with E-state index in [0.29, 0.717) is 10.8 Å². The first-order valence-corrected chi connectivity index (χ1v) is 9.90. The zero-order chi connectivity index (χ0) is 16.1. The van der Waals surface area contributed by atoms with Gasteiger partial charge in [-0.1, -0.05) is 32.1 Å².